The average Bonchev–Trinajstić information content (AvgIpc) is 3.50. The number of alkyl carbamates (subject to hydrolysis) is 1. The van der Waals surface area contributed by atoms with Crippen LogP contribution in [0, 0.1) is 0 Å². The van der Waals surface area contributed by atoms with E-state index in [1.54, 1.807) is 34.9 Å². The summed E-state index contributed by atoms with van der Waals surface area (Å²) < 4.78 is 10.3. The Kier molecular flexibility index (Phi) is 8.59. The van der Waals surface area contributed by atoms with Gasteiger partial charge in [0.25, 0.3) is 11.8 Å². The maximum Gasteiger partial charge on any atom is 0.407 e. The zero-order chi connectivity index (χ0) is 23.9. The van der Waals surface area contributed by atoms with Gasteiger partial charge in [0, 0.05) is 33.6 Å². The summed E-state index contributed by atoms with van der Waals surface area (Å²) in [7, 11) is 3.23. The first-order valence-electron chi connectivity index (χ1n) is 10.4. The van der Waals surface area contributed by atoms with Gasteiger partial charge in [-0.1, -0.05) is 30.3 Å². The third kappa shape index (κ3) is 8.18. The molecule has 3 atom stereocenters. The van der Waals surface area contributed by atoms with Crippen molar-refractivity contribution in [3.05, 3.63) is 35.9 Å². The van der Waals surface area contributed by atoms with Gasteiger partial charge in [-0.25, -0.2) is 4.79 Å². The highest BCUT2D eigenvalue weighted by atomic mass is 16.6. The average molecular weight is 449 g/mol. The van der Waals surface area contributed by atoms with Gasteiger partial charge < -0.3 is 30.3 Å². The lowest BCUT2D eigenvalue weighted by molar-refractivity contribution is -0.134. The van der Waals surface area contributed by atoms with Gasteiger partial charge in [-0.3, -0.25) is 14.4 Å². The molecule has 176 valence electrons. The first kappa shape index (κ1) is 25.1. The second-order valence-electron chi connectivity index (χ2n) is 8.68. The van der Waals surface area contributed by atoms with E-state index in [9.17, 15) is 19.2 Å². The molecular formula is C22H32N4O6. The van der Waals surface area contributed by atoms with E-state index in [2.05, 4.69) is 16.0 Å². The molecule has 0 saturated carbocycles. The summed E-state index contributed by atoms with van der Waals surface area (Å²) in [6, 6.07) is 8.56. The minimum atomic E-state index is -0.956. The summed E-state index contributed by atoms with van der Waals surface area (Å²) in [4.78, 5) is 50.2. The van der Waals surface area contributed by atoms with Crippen LogP contribution in [0.15, 0.2) is 30.3 Å². The van der Waals surface area contributed by atoms with Crippen LogP contribution in [0.1, 0.15) is 26.3 Å². The van der Waals surface area contributed by atoms with Crippen molar-refractivity contribution in [3.63, 3.8) is 0 Å². The predicted octanol–water partition coefficient (Wildman–Crippen LogP) is 0.210. The molecule has 0 spiro atoms. The van der Waals surface area contributed by atoms with Crippen LogP contribution < -0.4 is 16.0 Å². The van der Waals surface area contributed by atoms with Gasteiger partial charge >= 0.3 is 6.09 Å². The van der Waals surface area contributed by atoms with Gasteiger partial charge in [-0.2, -0.15) is 0 Å². The molecule has 4 amide bonds. The number of carbonyl (C=O) groups excluding carboxylic acids is 4. The minimum Gasteiger partial charge on any atom is -0.444 e. The van der Waals surface area contributed by atoms with Crippen molar-refractivity contribution in [3.8, 4) is 0 Å². The number of amides is 4. The Bertz CT molecular complexity index is 821. The van der Waals surface area contributed by atoms with E-state index >= 15 is 0 Å². The molecule has 32 heavy (non-hydrogen) atoms. The van der Waals surface area contributed by atoms with Crippen molar-refractivity contribution in [1.82, 2.24) is 20.9 Å². The molecule has 1 fully saturated rings. The quantitative estimate of drug-likeness (QED) is 0.366. The fourth-order valence-corrected chi connectivity index (χ4v) is 2.89. The second-order valence-corrected chi connectivity index (χ2v) is 8.68. The van der Waals surface area contributed by atoms with Crippen LogP contribution in [0.3, 0.4) is 0 Å². The molecular weight excluding hydrogens is 416 g/mol. The molecule has 2 rings (SSSR count). The lowest BCUT2D eigenvalue weighted by atomic mass is 10.0. The van der Waals surface area contributed by atoms with Crippen molar-refractivity contribution in [2.75, 3.05) is 27.2 Å². The van der Waals surface area contributed by atoms with E-state index in [1.165, 1.54) is 4.90 Å². The lowest BCUT2D eigenvalue weighted by Gasteiger charge is -2.21. The Morgan fingerprint density at radius 2 is 1.59 bits per heavy atom. The normalized spacial score (nSPS) is 18.2. The smallest absolute Gasteiger partial charge is 0.407 e. The number of benzene rings is 1. The van der Waals surface area contributed by atoms with Crippen LogP contribution >= 0.6 is 0 Å². The Morgan fingerprint density at radius 1 is 1.00 bits per heavy atom. The summed E-state index contributed by atoms with van der Waals surface area (Å²) in [5, 5.41) is 7.80. The SMILES string of the molecule is CN(C)C(=O)[C@H](Cc1ccccc1)NC(=O)[C@H]1O[C@@H]1C(=O)NCCNC(=O)OC(C)(C)C. The minimum absolute atomic E-state index is 0.155. The van der Waals surface area contributed by atoms with Crippen molar-refractivity contribution in [2.45, 2.75) is 51.0 Å². The van der Waals surface area contributed by atoms with Crippen LogP contribution in [0.5, 0.6) is 0 Å². The molecule has 10 heteroatoms. The first-order valence-corrected chi connectivity index (χ1v) is 10.4. The fourth-order valence-electron chi connectivity index (χ4n) is 2.89. The Labute approximate surface area is 188 Å². The van der Waals surface area contributed by atoms with Gasteiger partial charge in [-0.15, -0.1) is 0 Å². The van der Waals surface area contributed by atoms with E-state index in [0.717, 1.165) is 5.56 Å². The number of nitrogens with zero attached hydrogens (tertiary/aromatic N) is 1. The zero-order valence-corrected chi connectivity index (χ0v) is 19.1. The molecule has 10 nitrogen and oxygen atoms in total. The topological polar surface area (TPSA) is 129 Å². The summed E-state index contributed by atoms with van der Waals surface area (Å²) in [6.45, 7) is 5.57. The number of likely N-dealkylation sites (N-methyl/N-ethyl adjacent to an activating group) is 1. The molecule has 0 aromatic heterocycles. The van der Waals surface area contributed by atoms with Crippen LogP contribution in [0.25, 0.3) is 0 Å². The highest BCUT2D eigenvalue weighted by Gasteiger charge is 2.50. The van der Waals surface area contributed by atoms with Crippen molar-refractivity contribution >= 4 is 23.8 Å². The van der Waals surface area contributed by atoms with E-state index in [0.29, 0.717) is 6.42 Å². The number of carbonyl (C=O) groups is 4. The molecule has 0 unspecified atom stereocenters. The van der Waals surface area contributed by atoms with E-state index in [4.69, 9.17) is 9.47 Å². The molecule has 1 aliphatic rings. The van der Waals surface area contributed by atoms with Crippen molar-refractivity contribution in [1.29, 1.82) is 0 Å². The standard InChI is InChI=1S/C22H32N4O6/c1-22(2,3)32-21(30)24-12-11-23-18(27)16-17(31-16)19(28)25-15(20(29)26(4)5)13-14-9-7-6-8-10-14/h6-10,15-17H,11-13H2,1-5H3,(H,23,27)(H,24,30)(H,25,28)/t15-,16-,17-/m0/s1. The van der Waals surface area contributed by atoms with Crippen LogP contribution in [0.4, 0.5) is 4.79 Å². The fraction of sp³-hybridized carbons (Fsp3) is 0.545. The molecule has 1 aliphatic heterocycles. The van der Waals surface area contributed by atoms with Crippen LogP contribution in [0.2, 0.25) is 0 Å². The highest BCUT2D eigenvalue weighted by molar-refractivity contribution is 5.97. The maximum atomic E-state index is 12.5. The summed E-state index contributed by atoms with van der Waals surface area (Å²) in [5.41, 5.74) is 0.291. The Balaban J connectivity index is 1.79. The monoisotopic (exact) mass is 448 g/mol. The molecule has 1 aromatic carbocycles. The lowest BCUT2D eigenvalue weighted by Crippen LogP contribution is -2.49. The molecule has 1 heterocycles. The first-order chi connectivity index (χ1) is 15.0. The van der Waals surface area contributed by atoms with Crippen LogP contribution in [-0.2, 0) is 30.3 Å². The number of epoxide rings is 1. The zero-order valence-electron chi connectivity index (χ0n) is 19.1. The number of hydrogen-bond donors (Lipinski definition) is 3. The molecule has 0 bridgehead atoms. The summed E-state index contributed by atoms with van der Waals surface area (Å²) in [5.74, 6) is -1.24. The number of ether oxygens (including phenoxy) is 2. The maximum absolute atomic E-state index is 12.5. The van der Waals surface area contributed by atoms with Gasteiger partial charge in [0.15, 0.2) is 12.2 Å². The number of nitrogens with one attached hydrogen (secondary N) is 3. The molecule has 1 aromatic rings. The largest absolute Gasteiger partial charge is 0.444 e. The summed E-state index contributed by atoms with van der Waals surface area (Å²) in [6.07, 6.45) is -2.14. The highest BCUT2D eigenvalue weighted by Crippen LogP contribution is 2.22. The third-order valence-corrected chi connectivity index (χ3v) is 4.44. The van der Waals surface area contributed by atoms with Gasteiger partial charge in [-0.05, 0) is 26.3 Å². The molecule has 0 aliphatic carbocycles. The van der Waals surface area contributed by atoms with Gasteiger partial charge in [0.1, 0.15) is 11.6 Å². The van der Waals surface area contributed by atoms with Gasteiger partial charge in [0.05, 0.1) is 0 Å². The van der Waals surface area contributed by atoms with Crippen molar-refractivity contribution in [2.24, 2.45) is 0 Å². The van der Waals surface area contributed by atoms with E-state index in [-0.39, 0.29) is 19.0 Å². The van der Waals surface area contributed by atoms with E-state index in [1.807, 2.05) is 30.3 Å². The van der Waals surface area contributed by atoms with Gasteiger partial charge in [0.2, 0.25) is 5.91 Å². The number of rotatable bonds is 9. The Morgan fingerprint density at radius 3 is 2.19 bits per heavy atom. The second kappa shape index (κ2) is 10.9. The molecule has 1 saturated heterocycles. The van der Waals surface area contributed by atoms with Crippen molar-refractivity contribution < 1.29 is 28.7 Å². The summed E-state index contributed by atoms with van der Waals surface area (Å²) >= 11 is 0. The van der Waals surface area contributed by atoms with E-state index < -0.39 is 41.8 Å². The predicted molar refractivity (Wildman–Crippen MR) is 117 cm³/mol. The molecule has 0 radical (unpaired) electrons. The molecule has 3 N–H and O–H groups in total. The Hall–Kier alpha value is -3.14. The third-order valence-electron chi connectivity index (χ3n) is 4.44. The number of hydrogen-bond acceptors (Lipinski definition) is 6. The van der Waals surface area contributed by atoms with Crippen LogP contribution in [-0.4, -0.2) is 79.8 Å².